The number of alkyl halides is 3. The highest BCUT2D eigenvalue weighted by Crippen LogP contribution is 2.39. The third kappa shape index (κ3) is 6.13. The van der Waals surface area contributed by atoms with Gasteiger partial charge < -0.3 is 14.6 Å². The van der Waals surface area contributed by atoms with Gasteiger partial charge in [0.1, 0.15) is 5.69 Å². The minimum absolute atomic E-state index is 0.181. The number of aliphatic carboxylic acids is 1. The first kappa shape index (κ1) is 24.8. The molecule has 2 aliphatic rings. The molecular formula is C23H29F3N4O3. The van der Waals surface area contributed by atoms with E-state index in [-0.39, 0.29) is 5.91 Å². The normalized spacial score (nSPS) is 22.5. The topological polar surface area (TPSA) is 78.7 Å². The second kappa shape index (κ2) is 10.4. The molecule has 10 heteroatoms. The standard InChI is InChI=1S/C21H28N4O.C2HF3O2/c1-23-11-5-9-20(23)21(26)25-14-17-7-3-8-19(18(17)15-25)24(2)13-16-6-4-10-22-12-16;3-2(4,5)1(6)7/h4-6,9-12,17-19H,3,7-8,13-15H2,1-2H3;(H,6,7)/t17-,18+,19?;/m1./s1. The minimum atomic E-state index is -5.08. The summed E-state index contributed by atoms with van der Waals surface area (Å²) in [6.07, 6.45) is 4.38. The molecule has 0 radical (unpaired) electrons. The van der Waals surface area contributed by atoms with Crippen LogP contribution >= 0.6 is 0 Å². The number of carboxylic acid groups (broad SMARTS) is 1. The number of aromatic nitrogens is 2. The van der Waals surface area contributed by atoms with Gasteiger partial charge in [0, 0.05) is 51.3 Å². The van der Waals surface area contributed by atoms with E-state index in [9.17, 15) is 18.0 Å². The number of carboxylic acids is 1. The molecule has 1 aliphatic carbocycles. The Hall–Kier alpha value is -2.88. The highest BCUT2D eigenvalue weighted by Gasteiger charge is 2.43. The van der Waals surface area contributed by atoms with E-state index in [4.69, 9.17) is 9.90 Å². The van der Waals surface area contributed by atoms with Gasteiger partial charge in [0.25, 0.3) is 5.91 Å². The van der Waals surface area contributed by atoms with Crippen molar-refractivity contribution in [2.75, 3.05) is 20.1 Å². The number of pyridine rings is 1. The number of halogens is 3. The summed E-state index contributed by atoms with van der Waals surface area (Å²) in [7, 11) is 4.17. The van der Waals surface area contributed by atoms with Gasteiger partial charge in [-0.2, -0.15) is 13.2 Å². The van der Waals surface area contributed by atoms with E-state index >= 15 is 0 Å². The fourth-order valence-corrected chi connectivity index (χ4v) is 4.90. The molecule has 3 atom stereocenters. The molecule has 2 fully saturated rings. The molecule has 180 valence electrons. The van der Waals surface area contributed by atoms with Crippen molar-refractivity contribution < 1.29 is 27.9 Å². The number of rotatable bonds is 4. The smallest absolute Gasteiger partial charge is 0.475 e. The number of carbonyl (C=O) groups is 2. The van der Waals surface area contributed by atoms with Crippen LogP contribution in [0, 0.1) is 11.8 Å². The summed E-state index contributed by atoms with van der Waals surface area (Å²) >= 11 is 0. The zero-order chi connectivity index (χ0) is 24.2. The van der Waals surface area contributed by atoms with Gasteiger partial charge in [-0.15, -0.1) is 0 Å². The lowest BCUT2D eigenvalue weighted by Crippen LogP contribution is -2.43. The second-order valence-electron chi connectivity index (χ2n) is 8.72. The summed E-state index contributed by atoms with van der Waals surface area (Å²) in [5, 5.41) is 7.12. The zero-order valence-corrected chi connectivity index (χ0v) is 18.7. The van der Waals surface area contributed by atoms with Crippen LogP contribution in [0.3, 0.4) is 0 Å². The molecule has 1 saturated carbocycles. The molecule has 3 heterocycles. The Morgan fingerprint density at radius 1 is 1.21 bits per heavy atom. The molecular weight excluding hydrogens is 437 g/mol. The van der Waals surface area contributed by atoms with Gasteiger partial charge in [-0.25, -0.2) is 4.79 Å². The van der Waals surface area contributed by atoms with Crippen LogP contribution in [0.2, 0.25) is 0 Å². The molecule has 1 saturated heterocycles. The van der Waals surface area contributed by atoms with E-state index in [2.05, 4.69) is 27.9 Å². The molecule has 33 heavy (non-hydrogen) atoms. The molecule has 1 amide bonds. The largest absolute Gasteiger partial charge is 0.490 e. The molecule has 0 bridgehead atoms. The molecule has 1 unspecified atom stereocenters. The van der Waals surface area contributed by atoms with Crippen LogP contribution in [0.4, 0.5) is 13.2 Å². The van der Waals surface area contributed by atoms with Crippen molar-refractivity contribution >= 4 is 11.9 Å². The lowest BCUT2D eigenvalue weighted by Gasteiger charge is -2.39. The average Bonchev–Trinajstić information content (AvgIpc) is 3.39. The van der Waals surface area contributed by atoms with Crippen molar-refractivity contribution in [3.8, 4) is 0 Å². The van der Waals surface area contributed by atoms with E-state index in [0.717, 1.165) is 25.3 Å². The molecule has 0 spiro atoms. The lowest BCUT2D eigenvalue weighted by molar-refractivity contribution is -0.192. The third-order valence-corrected chi connectivity index (χ3v) is 6.47. The molecule has 2 aromatic rings. The van der Waals surface area contributed by atoms with Crippen LogP contribution < -0.4 is 0 Å². The number of aryl methyl sites for hydroxylation is 1. The molecule has 1 N–H and O–H groups in total. The van der Waals surface area contributed by atoms with Crippen LogP contribution in [0.25, 0.3) is 0 Å². The minimum Gasteiger partial charge on any atom is -0.475 e. The van der Waals surface area contributed by atoms with Crippen molar-refractivity contribution in [2.24, 2.45) is 18.9 Å². The number of carbonyl (C=O) groups excluding carboxylic acids is 1. The molecule has 4 rings (SSSR count). The Morgan fingerprint density at radius 2 is 1.94 bits per heavy atom. The number of amides is 1. The summed E-state index contributed by atoms with van der Waals surface area (Å²) in [6.45, 7) is 2.72. The summed E-state index contributed by atoms with van der Waals surface area (Å²) < 4.78 is 33.7. The van der Waals surface area contributed by atoms with Gasteiger partial charge in [0.15, 0.2) is 0 Å². The van der Waals surface area contributed by atoms with Crippen LogP contribution in [0.1, 0.15) is 35.3 Å². The Bertz CT molecular complexity index is 948. The van der Waals surface area contributed by atoms with Gasteiger partial charge in [0.05, 0.1) is 0 Å². The summed E-state index contributed by atoms with van der Waals surface area (Å²) in [4.78, 5) is 30.6. The van der Waals surface area contributed by atoms with E-state index < -0.39 is 12.1 Å². The van der Waals surface area contributed by atoms with Crippen LogP contribution in [0.5, 0.6) is 0 Å². The predicted molar refractivity (Wildman–Crippen MR) is 115 cm³/mol. The van der Waals surface area contributed by atoms with Crippen molar-refractivity contribution in [3.05, 3.63) is 54.1 Å². The number of hydrogen-bond acceptors (Lipinski definition) is 4. The summed E-state index contributed by atoms with van der Waals surface area (Å²) in [5.41, 5.74) is 2.05. The number of hydrogen-bond donors (Lipinski definition) is 1. The van der Waals surface area contributed by atoms with E-state index in [1.54, 1.807) is 0 Å². The highest BCUT2D eigenvalue weighted by molar-refractivity contribution is 5.93. The fourth-order valence-electron chi connectivity index (χ4n) is 4.90. The first-order valence-corrected chi connectivity index (χ1v) is 10.9. The third-order valence-electron chi connectivity index (χ3n) is 6.47. The number of fused-ring (bicyclic) bond motifs is 1. The maximum absolute atomic E-state index is 12.9. The van der Waals surface area contributed by atoms with Gasteiger partial charge in [0.2, 0.25) is 0 Å². The van der Waals surface area contributed by atoms with Gasteiger partial charge in [-0.3, -0.25) is 14.7 Å². The predicted octanol–water partition coefficient (Wildman–Crippen LogP) is 3.43. The summed E-state index contributed by atoms with van der Waals surface area (Å²) in [5.74, 6) is -1.36. The van der Waals surface area contributed by atoms with Crippen LogP contribution in [0.15, 0.2) is 42.9 Å². The van der Waals surface area contributed by atoms with Crippen molar-refractivity contribution in [1.29, 1.82) is 0 Å². The molecule has 7 nitrogen and oxygen atoms in total. The van der Waals surface area contributed by atoms with Crippen molar-refractivity contribution in [1.82, 2.24) is 19.4 Å². The molecule has 2 aromatic heterocycles. The Balaban J connectivity index is 0.000000383. The summed E-state index contributed by atoms with van der Waals surface area (Å²) in [6, 6.07) is 8.56. The van der Waals surface area contributed by atoms with E-state index in [0.29, 0.717) is 17.9 Å². The Kier molecular flexibility index (Phi) is 7.78. The number of nitrogens with zero attached hydrogens (tertiary/aromatic N) is 4. The first-order chi connectivity index (χ1) is 15.6. The Labute approximate surface area is 190 Å². The first-order valence-electron chi connectivity index (χ1n) is 10.9. The van der Waals surface area contributed by atoms with Crippen LogP contribution in [-0.4, -0.2) is 68.7 Å². The molecule has 1 aliphatic heterocycles. The molecule has 0 aromatic carbocycles. The van der Waals surface area contributed by atoms with E-state index in [1.807, 2.05) is 48.4 Å². The van der Waals surface area contributed by atoms with Gasteiger partial charge >= 0.3 is 12.1 Å². The Morgan fingerprint density at radius 3 is 2.52 bits per heavy atom. The second-order valence-corrected chi connectivity index (χ2v) is 8.72. The average molecular weight is 467 g/mol. The van der Waals surface area contributed by atoms with Gasteiger partial charge in [-0.05, 0) is 55.5 Å². The van der Waals surface area contributed by atoms with Crippen molar-refractivity contribution in [3.63, 3.8) is 0 Å². The van der Waals surface area contributed by atoms with Gasteiger partial charge in [-0.1, -0.05) is 12.5 Å². The van der Waals surface area contributed by atoms with Crippen molar-refractivity contribution in [2.45, 2.75) is 38.0 Å². The highest BCUT2D eigenvalue weighted by atomic mass is 19.4. The lowest BCUT2D eigenvalue weighted by atomic mass is 9.77. The monoisotopic (exact) mass is 466 g/mol. The van der Waals surface area contributed by atoms with Crippen LogP contribution in [-0.2, 0) is 18.4 Å². The zero-order valence-electron chi connectivity index (χ0n) is 18.7. The fraction of sp³-hybridized carbons (Fsp3) is 0.522. The quantitative estimate of drug-likeness (QED) is 0.747. The SMILES string of the molecule is CN(Cc1cccnc1)C1CCC[C@@H]2CN(C(=O)c3cccn3C)C[C@H]12.O=C(O)C(F)(F)F. The van der Waals surface area contributed by atoms with E-state index in [1.165, 1.54) is 24.8 Å². The maximum atomic E-state index is 12.9. The number of likely N-dealkylation sites (tertiary alicyclic amines) is 1. The maximum Gasteiger partial charge on any atom is 0.490 e.